The predicted octanol–water partition coefficient (Wildman–Crippen LogP) is 2.26. The lowest BCUT2D eigenvalue weighted by molar-refractivity contribution is -0.134. The van der Waals surface area contributed by atoms with Gasteiger partial charge in [0.25, 0.3) is 0 Å². The number of carbonyl (C=O) groups is 2. The number of methoxy groups -OCH3 is 1. The molecule has 0 spiro atoms. The van der Waals surface area contributed by atoms with Gasteiger partial charge in [-0.15, -0.1) is 0 Å². The highest BCUT2D eigenvalue weighted by atomic mass is 16.5. The molecule has 160 valence electrons. The number of nitrogens with zero attached hydrogens (tertiary/aromatic N) is 2. The molecule has 0 aliphatic carbocycles. The number of aromatic nitrogens is 2. The first kappa shape index (κ1) is 21.6. The van der Waals surface area contributed by atoms with E-state index in [9.17, 15) is 9.59 Å². The molecule has 3 rings (SSSR count). The third kappa shape index (κ3) is 6.18. The van der Waals surface area contributed by atoms with Crippen LogP contribution in [0.4, 0.5) is 0 Å². The van der Waals surface area contributed by atoms with Crippen LogP contribution >= 0.6 is 0 Å². The number of Topliss-reactive ketones (excluding diaryl/α,β-unsaturated/α-hetero) is 1. The molecular weight excluding hydrogens is 386 g/mol. The fraction of sp³-hybridized carbons (Fsp3) is 0.409. The minimum atomic E-state index is -0.231. The molecule has 30 heavy (non-hydrogen) atoms. The van der Waals surface area contributed by atoms with Crippen molar-refractivity contribution < 1.29 is 23.8 Å². The molecule has 1 fully saturated rings. The Balaban J connectivity index is 1.53. The molecule has 1 aliphatic rings. The van der Waals surface area contributed by atoms with Gasteiger partial charge in [-0.05, 0) is 37.1 Å². The molecule has 0 saturated carbocycles. The van der Waals surface area contributed by atoms with Crippen LogP contribution in [0.3, 0.4) is 0 Å². The van der Waals surface area contributed by atoms with Crippen molar-refractivity contribution in [2.45, 2.75) is 25.9 Å². The molecule has 2 heterocycles. The lowest BCUT2D eigenvalue weighted by Gasteiger charge is -2.32. The lowest BCUT2D eigenvalue weighted by Crippen LogP contribution is -2.47. The summed E-state index contributed by atoms with van der Waals surface area (Å²) in [4.78, 5) is 32.2. The van der Waals surface area contributed by atoms with Crippen LogP contribution in [-0.4, -0.2) is 66.1 Å². The number of ether oxygens (including phenoxy) is 3. The highest BCUT2D eigenvalue weighted by molar-refractivity contribution is 5.91. The van der Waals surface area contributed by atoms with E-state index in [0.29, 0.717) is 50.6 Å². The van der Waals surface area contributed by atoms with Crippen LogP contribution < -0.4 is 9.47 Å². The van der Waals surface area contributed by atoms with Gasteiger partial charge in [0, 0.05) is 19.0 Å². The van der Waals surface area contributed by atoms with Crippen molar-refractivity contribution in [3.8, 4) is 11.5 Å². The third-order valence-electron chi connectivity index (χ3n) is 4.79. The number of hydrogen-bond acceptors (Lipinski definition) is 6. The number of hydrogen-bond donors (Lipinski definition) is 1. The number of imidazole rings is 1. The van der Waals surface area contributed by atoms with E-state index in [2.05, 4.69) is 9.97 Å². The van der Waals surface area contributed by atoms with E-state index in [1.807, 2.05) is 18.2 Å². The van der Waals surface area contributed by atoms with E-state index in [-0.39, 0.29) is 17.8 Å². The summed E-state index contributed by atoms with van der Waals surface area (Å²) in [6.07, 6.45) is 7.38. The number of amides is 1. The lowest BCUT2D eigenvalue weighted by atomic mass is 10.1. The van der Waals surface area contributed by atoms with Gasteiger partial charge in [-0.1, -0.05) is 6.07 Å². The van der Waals surface area contributed by atoms with Gasteiger partial charge in [0.15, 0.2) is 11.5 Å². The quantitative estimate of drug-likeness (QED) is 0.634. The van der Waals surface area contributed by atoms with Crippen molar-refractivity contribution in [3.63, 3.8) is 0 Å². The number of H-pyrrole nitrogens is 1. The first-order chi connectivity index (χ1) is 14.5. The zero-order valence-electron chi connectivity index (χ0n) is 17.3. The van der Waals surface area contributed by atoms with Gasteiger partial charge in [-0.2, -0.15) is 0 Å². The maximum atomic E-state index is 12.4. The Bertz CT molecular complexity index is 879. The number of aromatic amines is 1. The molecule has 8 heteroatoms. The summed E-state index contributed by atoms with van der Waals surface area (Å²) in [5.41, 5.74) is 1.79. The average molecular weight is 413 g/mol. The van der Waals surface area contributed by atoms with Crippen LogP contribution in [-0.2, 0) is 20.7 Å². The Kier molecular flexibility index (Phi) is 7.62. The largest absolute Gasteiger partial charge is 0.493 e. The van der Waals surface area contributed by atoms with Crippen LogP contribution in [0.5, 0.6) is 11.5 Å². The summed E-state index contributed by atoms with van der Waals surface area (Å²) in [7, 11) is 1.58. The first-order valence-corrected chi connectivity index (χ1v) is 9.91. The fourth-order valence-corrected chi connectivity index (χ4v) is 3.13. The summed E-state index contributed by atoms with van der Waals surface area (Å²) >= 11 is 0. The van der Waals surface area contributed by atoms with Crippen LogP contribution in [0.1, 0.15) is 24.6 Å². The number of carbonyl (C=O) groups excluding carboxylic acids is 2. The maximum Gasteiger partial charge on any atom is 0.246 e. The second-order valence-corrected chi connectivity index (χ2v) is 7.12. The van der Waals surface area contributed by atoms with Gasteiger partial charge in [0.05, 0.1) is 38.5 Å². The molecule has 0 bridgehead atoms. The van der Waals surface area contributed by atoms with Gasteiger partial charge < -0.3 is 28.9 Å². The topological polar surface area (TPSA) is 93.8 Å². The first-order valence-electron chi connectivity index (χ1n) is 9.91. The number of rotatable bonds is 9. The third-order valence-corrected chi connectivity index (χ3v) is 4.79. The number of nitrogens with one attached hydrogen (secondary N) is 1. The van der Waals surface area contributed by atoms with Crippen LogP contribution in [0.25, 0.3) is 6.08 Å². The van der Waals surface area contributed by atoms with Crippen molar-refractivity contribution in [2.75, 3.05) is 33.4 Å². The van der Waals surface area contributed by atoms with Crippen molar-refractivity contribution in [1.82, 2.24) is 14.9 Å². The van der Waals surface area contributed by atoms with Gasteiger partial charge >= 0.3 is 0 Å². The van der Waals surface area contributed by atoms with E-state index in [0.717, 1.165) is 11.3 Å². The van der Waals surface area contributed by atoms with Gasteiger partial charge in [0.2, 0.25) is 5.91 Å². The zero-order valence-corrected chi connectivity index (χ0v) is 17.3. The molecule has 1 saturated heterocycles. The number of morpholine rings is 1. The van der Waals surface area contributed by atoms with E-state index < -0.39 is 0 Å². The van der Waals surface area contributed by atoms with Crippen LogP contribution in [0.2, 0.25) is 0 Å². The Morgan fingerprint density at radius 3 is 2.97 bits per heavy atom. The van der Waals surface area contributed by atoms with Crippen LogP contribution in [0, 0.1) is 0 Å². The van der Waals surface area contributed by atoms with E-state index in [1.54, 1.807) is 37.5 Å². The molecule has 1 N–H and O–H groups in total. The summed E-state index contributed by atoms with van der Waals surface area (Å²) in [5.74, 6) is 1.30. The maximum absolute atomic E-state index is 12.4. The molecule has 2 aromatic rings. The molecule has 1 atom stereocenters. The summed E-state index contributed by atoms with van der Waals surface area (Å²) in [6.45, 7) is 3.33. The Morgan fingerprint density at radius 2 is 2.23 bits per heavy atom. The highest BCUT2D eigenvalue weighted by Crippen LogP contribution is 2.29. The van der Waals surface area contributed by atoms with Crippen molar-refractivity contribution in [3.05, 3.63) is 48.1 Å². The Hall–Kier alpha value is -3.13. The van der Waals surface area contributed by atoms with Crippen molar-refractivity contribution >= 4 is 17.8 Å². The van der Waals surface area contributed by atoms with Gasteiger partial charge in [-0.25, -0.2) is 4.98 Å². The molecule has 8 nitrogen and oxygen atoms in total. The second-order valence-electron chi connectivity index (χ2n) is 7.12. The average Bonchev–Trinajstić information content (AvgIpc) is 3.28. The van der Waals surface area contributed by atoms with E-state index >= 15 is 0 Å². The van der Waals surface area contributed by atoms with E-state index in [4.69, 9.17) is 14.2 Å². The predicted molar refractivity (Wildman–Crippen MR) is 111 cm³/mol. The van der Waals surface area contributed by atoms with E-state index in [1.165, 1.54) is 6.08 Å². The van der Waals surface area contributed by atoms with Crippen LogP contribution in [0.15, 0.2) is 36.8 Å². The van der Waals surface area contributed by atoms with Crippen molar-refractivity contribution in [1.29, 1.82) is 0 Å². The Morgan fingerprint density at radius 1 is 1.37 bits per heavy atom. The minimum Gasteiger partial charge on any atom is -0.493 e. The fourth-order valence-electron chi connectivity index (χ4n) is 3.13. The zero-order chi connectivity index (χ0) is 21.3. The number of ketones is 1. The van der Waals surface area contributed by atoms with Gasteiger partial charge in [0.1, 0.15) is 18.5 Å². The molecule has 0 radical (unpaired) electrons. The molecule has 1 aromatic heterocycles. The summed E-state index contributed by atoms with van der Waals surface area (Å²) < 4.78 is 17.1. The molecule has 1 aliphatic heterocycles. The molecule has 1 unspecified atom stereocenters. The second kappa shape index (κ2) is 10.6. The molecule has 1 aromatic carbocycles. The van der Waals surface area contributed by atoms with Crippen molar-refractivity contribution in [2.24, 2.45) is 0 Å². The number of benzene rings is 1. The monoisotopic (exact) mass is 413 g/mol. The number of aryl methyl sites for hydroxylation is 1. The summed E-state index contributed by atoms with van der Waals surface area (Å²) in [5, 5.41) is 0. The molecular formula is C22H27N3O5. The summed E-state index contributed by atoms with van der Waals surface area (Å²) in [6, 6.07) is 5.65. The molecule has 1 amide bonds. The SMILES string of the molecule is COc1cc(CCC(C)=O)ccc1OCC1CN(C(=O)/C=C/c2cnc[nH]2)CCO1. The minimum absolute atomic E-state index is 0.0784. The standard InChI is InChI=1S/C22H27N3O5/c1-16(26)3-4-17-5-7-20(21(11-17)28-2)30-14-19-13-25(9-10-29-19)22(27)8-6-18-12-23-15-24-18/h5-8,11-12,15,19H,3-4,9-10,13-14H2,1-2H3,(H,23,24)/b8-6+. The van der Waals surface area contributed by atoms with Gasteiger partial charge in [-0.3, -0.25) is 4.79 Å². The highest BCUT2D eigenvalue weighted by Gasteiger charge is 2.24. The smallest absolute Gasteiger partial charge is 0.246 e. The normalized spacial score (nSPS) is 16.6. The Labute approximate surface area is 175 Å².